The predicted molar refractivity (Wildman–Crippen MR) is 114 cm³/mol. The smallest absolute Gasteiger partial charge is 0.170 e. The summed E-state index contributed by atoms with van der Waals surface area (Å²) in [5.74, 6) is 0. The molecule has 0 saturated heterocycles. The van der Waals surface area contributed by atoms with Crippen LogP contribution in [-0.2, 0) is 6.54 Å². The minimum absolute atomic E-state index is 0.662. The number of nitrogens with one attached hydrogen (secondary N) is 2. The van der Waals surface area contributed by atoms with Crippen LogP contribution < -0.4 is 10.6 Å². The van der Waals surface area contributed by atoms with Crippen molar-refractivity contribution in [3.8, 4) is 0 Å². The summed E-state index contributed by atoms with van der Waals surface area (Å²) in [4.78, 5) is 2.42. The Balaban J connectivity index is 1.88. The van der Waals surface area contributed by atoms with Crippen molar-refractivity contribution in [1.82, 2.24) is 20.0 Å². The van der Waals surface area contributed by atoms with Crippen molar-refractivity contribution in [2.45, 2.75) is 40.7 Å². The summed E-state index contributed by atoms with van der Waals surface area (Å²) in [5, 5.41) is 12.0. The van der Waals surface area contributed by atoms with E-state index in [1.165, 1.54) is 5.56 Å². The third-order valence-corrected chi connectivity index (χ3v) is 4.87. The summed E-state index contributed by atoms with van der Waals surface area (Å²) in [7, 11) is 0. The van der Waals surface area contributed by atoms with Gasteiger partial charge in [-0.3, -0.25) is 4.68 Å². The normalized spacial score (nSPS) is 11.0. The third kappa shape index (κ3) is 5.81. The maximum absolute atomic E-state index is 5.46. The molecule has 0 radical (unpaired) electrons. The molecule has 5 nitrogen and oxygen atoms in total. The van der Waals surface area contributed by atoms with E-state index >= 15 is 0 Å². The zero-order chi connectivity index (χ0) is 18.9. The Morgan fingerprint density at radius 1 is 1.15 bits per heavy atom. The minimum Gasteiger partial charge on any atom is -0.362 e. The summed E-state index contributed by atoms with van der Waals surface area (Å²) in [6.45, 7) is 13.4. The van der Waals surface area contributed by atoms with Gasteiger partial charge in [-0.15, -0.1) is 0 Å². The largest absolute Gasteiger partial charge is 0.362 e. The lowest BCUT2D eigenvalue weighted by Gasteiger charge is -2.18. The molecule has 2 rings (SSSR count). The van der Waals surface area contributed by atoms with Gasteiger partial charge in [-0.1, -0.05) is 44.2 Å². The van der Waals surface area contributed by atoms with Crippen LogP contribution in [0.2, 0.25) is 0 Å². The molecule has 1 heterocycles. The SMILES string of the molecule is CCN(CC)CCCNC(=S)Nc1c(C)nn(Cc2ccccc2)c1C. The maximum Gasteiger partial charge on any atom is 0.170 e. The van der Waals surface area contributed by atoms with Crippen LogP contribution in [-0.4, -0.2) is 46.0 Å². The highest BCUT2D eigenvalue weighted by atomic mass is 32.1. The van der Waals surface area contributed by atoms with Crippen molar-refractivity contribution in [2.75, 3.05) is 31.5 Å². The van der Waals surface area contributed by atoms with E-state index in [9.17, 15) is 0 Å². The highest BCUT2D eigenvalue weighted by Gasteiger charge is 2.13. The highest BCUT2D eigenvalue weighted by molar-refractivity contribution is 7.80. The van der Waals surface area contributed by atoms with Crippen molar-refractivity contribution in [1.29, 1.82) is 0 Å². The molecule has 26 heavy (non-hydrogen) atoms. The number of aromatic nitrogens is 2. The fourth-order valence-electron chi connectivity index (χ4n) is 2.99. The number of rotatable bonds is 9. The Bertz CT molecular complexity index is 692. The molecule has 0 spiro atoms. The van der Waals surface area contributed by atoms with E-state index in [4.69, 9.17) is 12.2 Å². The van der Waals surface area contributed by atoms with Crippen LogP contribution in [0.5, 0.6) is 0 Å². The van der Waals surface area contributed by atoms with Crippen molar-refractivity contribution >= 4 is 23.0 Å². The molecule has 1 aromatic heterocycles. The third-order valence-electron chi connectivity index (χ3n) is 4.63. The number of hydrogen-bond acceptors (Lipinski definition) is 3. The predicted octanol–water partition coefficient (Wildman–Crippen LogP) is 3.57. The molecule has 0 aliphatic carbocycles. The second-order valence-corrected chi connectivity index (χ2v) is 6.86. The topological polar surface area (TPSA) is 45.1 Å². The fraction of sp³-hybridized carbons (Fsp3) is 0.500. The summed E-state index contributed by atoms with van der Waals surface area (Å²) < 4.78 is 2.02. The molecule has 0 amide bonds. The first kappa shape index (κ1) is 20.4. The summed E-state index contributed by atoms with van der Waals surface area (Å²) >= 11 is 5.46. The Morgan fingerprint density at radius 2 is 1.85 bits per heavy atom. The summed E-state index contributed by atoms with van der Waals surface area (Å²) in [5.41, 5.74) is 4.30. The lowest BCUT2D eigenvalue weighted by molar-refractivity contribution is 0.300. The van der Waals surface area contributed by atoms with E-state index in [-0.39, 0.29) is 0 Å². The van der Waals surface area contributed by atoms with E-state index in [2.05, 4.69) is 65.7 Å². The first-order valence-corrected chi connectivity index (χ1v) is 9.81. The summed E-state index contributed by atoms with van der Waals surface area (Å²) in [6.07, 6.45) is 1.08. The lowest BCUT2D eigenvalue weighted by Crippen LogP contribution is -2.32. The average molecular weight is 374 g/mol. The highest BCUT2D eigenvalue weighted by Crippen LogP contribution is 2.20. The van der Waals surface area contributed by atoms with E-state index in [0.29, 0.717) is 5.11 Å². The van der Waals surface area contributed by atoms with Crippen LogP contribution >= 0.6 is 12.2 Å². The van der Waals surface area contributed by atoms with E-state index in [0.717, 1.165) is 56.2 Å². The molecule has 2 N–H and O–H groups in total. The lowest BCUT2D eigenvalue weighted by atomic mass is 10.2. The van der Waals surface area contributed by atoms with Crippen molar-refractivity contribution in [3.05, 3.63) is 47.3 Å². The number of benzene rings is 1. The van der Waals surface area contributed by atoms with Crippen LogP contribution in [0.1, 0.15) is 37.2 Å². The molecule has 0 fully saturated rings. The Labute approximate surface area is 162 Å². The van der Waals surface area contributed by atoms with Gasteiger partial charge in [-0.25, -0.2) is 0 Å². The van der Waals surface area contributed by atoms with Gasteiger partial charge in [-0.2, -0.15) is 5.10 Å². The number of aryl methyl sites for hydroxylation is 1. The quantitative estimate of drug-likeness (QED) is 0.520. The van der Waals surface area contributed by atoms with Crippen LogP contribution in [0.15, 0.2) is 30.3 Å². The second-order valence-electron chi connectivity index (χ2n) is 6.45. The average Bonchev–Trinajstić information content (AvgIpc) is 2.90. The fourth-order valence-corrected chi connectivity index (χ4v) is 3.19. The van der Waals surface area contributed by atoms with Gasteiger partial charge in [0.1, 0.15) is 0 Å². The zero-order valence-corrected chi connectivity index (χ0v) is 17.2. The van der Waals surface area contributed by atoms with Crippen molar-refractivity contribution < 1.29 is 0 Å². The van der Waals surface area contributed by atoms with Gasteiger partial charge in [-0.05, 0) is 57.7 Å². The Kier molecular flexibility index (Phi) is 8.06. The molecule has 1 aromatic carbocycles. The van der Waals surface area contributed by atoms with Gasteiger partial charge >= 0.3 is 0 Å². The molecular formula is C20H31N5S. The van der Waals surface area contributed by atoms with Gasteiger partial charge in [0.05, 0.1) is 23.6 Å². The standard InChI is InChI=1S/C20H31N5S/c1-5-24(6-2)14-10-13-21-20(26)22-19-16(3)23-25(17(19)4)15-18-11-8-7-9-12-18/h7-9,11-12H,5-6,10,13-15H2,1-4H3,(H2,21,22,26). The van der Waals surface area contributed by atoms with Gasteiger partial charge in [0.15, 0.2) is 5.11 Å². The van der Waals surface area contributed by atoms with Gasteiger partial charge in [0, 0.05) is 6.54 Å². The van der Waals surface area contributed by atoms with Crippen LogP contribution in [0.25, 0.3) is 0 Å². The van der Waals surface area contributed by atoms with E-state index in [1.807, 2.05) is 17.7 Å². The first-order chi connectivity index (χ1) is 12.5. The van der Waals surface area contributed by atoms with Crippen molar-refractivity contribution in [3.63, 3.8) is 0 Å². The molecule has 2 aromatic rings. The van der Waals surface area contributed by atoms with Gasteiger partial charge < -0.3 is 15.5 Å². The van der Waals surface area contributed by atoms with Crippen molar-refractivity contribution in [2.24, 2.45) is 0 Å². The van der Waals surface area contributed by atoms with Gasteiger partial charge in [0.25, 0.3) is 0 Å². The van der Waals surface area contributed by atoms with Crippen LogP contribution in [0, 0.1) is 13.8 Å². The molecule has 0 bridgehead atoms. The summed E-state index contributed by atoms with van der Waals surface area (Å²) in [6, 6.07) is 10.4. The minimum atomic E-state index is 0.662. The van der Waals surface area contributed by atoms with Gasteiger partial charge in [0.2, 0.25) is 0 Å². The monoisotopic (exact) mass is 373 g/mol. The number of anilines is 1. The molecule has 6 heteroatoms. The molecule has 0 saturated carbocycles. The van der Waals surface area contributed by atoms with Crippen LogP contribution in [0.4, 0.5) is 5.69 Å². The Morgan fingerprint density at radius 3 is 2.50 bits per heavy atom. The molecule has 0 aliphatic rings. The number of nitrogens with zero attached hydrogens (tertiary/aromatic N) is 3. The molecule has 0 atom stereocenters. The molecule has 0 unspecified atom stereocenters. The Hall–Kier alpha value is -1.92. The second kappa shape index (κ2) is 10.3. The number of hydrogen-bond donors (Lipinski definition) is 2. The van der Waals surface area contributed by atoms with E-state index in [1.54, 1.807) is 0 Å². The molecule has 142 valence electrons. The number of thiocarbonyl (C=S) groups is 1. The first-order valence-electron chi connectivity index (χ1n) is 9.40. The zero-order valence-electron chi connectivity index (χ0n) is 16.4. The maximum atomic E-state index is 5.46. The van der Waals surface area contributed by atoms with E-state index < -0.39 is 0 Å². The molecular weight excluding hydrogens is 342 g/mol. The molecule has 0 aliphatic heterocycles. The van der Waals surface area contributed by atoms with Crippen LogP contribution in [0.3, 0.4) is 0 Å².